The van der Waals surface area contributed by atoms with Crippen molar-refractivity contribution in [1.82, 2.24) is 0 Å². The highest BCUT2D eigenvalue weighted by atomic mass is 16.5. The molecule has 0 saturated heterocycles. The van der Waals surface area contributed by atoms with Gasteiger partial charge < -0.3 is 14.6 Å². The lowest BCUT2D eigenvalue weighted by molar-refractivity contribution is -0.142. The van der Waals surface area contributed by atoms with Crippen molar-refractivity contribution in [2.75, 3.05) is 13.2 Å². The van der Waals surface area contributed by atoms with Crippen molar-refractivity contribution in [3.05, 3.63) is 48.0 Å². The number of rotatable bonds is 7. The lowest BCUT2D eigenvalue weighted by Gasteiger charge is -2.04. The highest BCUT2D eigenvalue weighted by Crippen LogP contribution is 1.99. The summed E-state index contributed by atoms with van der Waals surface area (Å²) in [5, 5.41) is 8.91. The van der Waals surface area contributed by atoms with Crippen molar-refractivity contribution in [3.63, 3.8) is 0 Å². The number of hydrogen-bond acceptors (Lipinski definition) is 5. The molecule has 1 unspecified atom stereocenters. The van der Waals surface area contributed by atoms with E-state index in [-0.39, 0.29) is 13.2 Å². The molecule has 5 nitrogen and oxygen atoms in total. The topological polar surface area (TPSA) is 72.8 Å². The molecule has 0 saturated carbocycles. The Morgan fingerprint density at radius 3 is 2.35 bits per heavy atom. The number of ether oxygens (including phenoxy) is 2. The van der Waals surface area contributed by atoms with Crippen LogP contribution in [0.5, 0.6) is 0 Å². The van der Waals surface area contributed by atoms with Crippen molar-refractivity contribution in [3.8, 4) is 0 Å². The van der Waals surface area contributed by atoms with E-state index in [0.29, 0.717) is 6.42 Å². The van der Waals surface area contributed by atoms with Gasteiger partial charge in [0, 0.05) is 18.6 Å². The number of hydrogen-bond donors (Lipinski definition) is 1. The normalized spacial score (nSPS) is 12.1. The van der Waals surface area contributed by atoms with Crippen LogP contribution in [0.25, 0.3) is 0 Å². The summed E-state index contributed by atoms with van der Waals surface area (Å²) in [7, 11) is 0. The number of aliphatic hydroxyl groups excluding tert-OH is 1. The first-order valence-electron chi connectivity index (χ1n) is 6.31. The van der Waals surface area contributed by atoms with Gasteiger partial charge in [0.15, 0.2) is 0 Å². The minimum Gasteiger partial charge on any atom is -0.462 e. The Hall–Kier alpha value is -2.14. The van der Waals surface area contributed by atoms with Gasteiger partial charge in [-0.1, -0.05) is 30.3 Å². The Labute approximate surface area is 117 Å². The summed E-state index contributed by atoms with van der Waals surface area (Å²) in [6.07, 6.45) is 1.88. The molecule has 5 heteroatoms. The zero-order chi connectivity index (χ0) is 14.8. The summed E-state index contributed by atoms with van der Waals surface area (Å²) in [5.74, 6) is -1.29. The molecule has 0 radical (unpaired) electrons. The highest BCUT2D eigenvalue weighted by Gasteiger charge is 2.03. The van der Waals surface area contributed by atoms with Crippen molar-refractivity contribution < 1.29 is 24.2 Å². The van der Waals surface area contributed by atoms with Gasteiger partial charge in [-0.3, -0.25) is 0 Å². The van der Waals surface area contributed by atoms with Crippen molar-refractivity contribution in [2.45, 2.75) is 19.4 Å². The number of aliphatic hydroxyl groups is 1. The fourth-order valence-corrected chi connectivity index (χ4v) is 1.35. The Morgan fingerprint density at radius 2 is 1.75 bits per heavy atom. The molecule has 1 N–H and O–H groups in total. The number of carbonyl (C=O) groups excluding carboxylic acids is 2. The van der Waals surface area contributed by atoms with Gasteiger partial charge in [-0.15, -0.1) is 0 Å². The number of carbonyl (C=O) groups is 2. The van der Waals surface area contributed by atoms with E-state index in [2.05, 4.69) is 4.74 Å². The lowest BCUT2D eigenvalue weighted by atomic mass is 10.2. The average molecular weight is 278 g/mol. The molecular formula is C15H18O5. The van der Waals surface area contributed by atoms with Gasteiger partial charge in [-0.25, -0.2) is 9.59 Å². The minimum atomic E-state index is -0.731. The second-order valence-electron chi connectivity index (χ2n) is 4.22. The zero-order valence-corrected chi connectivity index (χ0v) is 11.3. The van der Waals surface area contributed by atoms with Crippen LogP contribution in [0, 0.1) is 0 Å². The van der Waals surface area contributed by atoms with Crippen LogP contribution in [-0.4, -0.2) is 36.4 Å². The molecule has 0 fully saturated rings. The molecule has 1 aromatic rings. The molecule has 0 amide bonds. The quantitative estimate of drug-likeness (QED) is 0.600. The summed E-state index contributed by atoms with van der Waals surface area (Å²) in [6, 6.07) is 9.62. The summed E-state index contributed by atoms with van der Waals surface area (Å²) in [5.41, 5.74) is 1.07. The van der Waals surface area contributed by atoms with Gasteiger partial charge in [-0.05, 0) is 12.5 Å². The molecule has 108 valence electrons. The Balaban J connectivity index is 2.21. The summed E-state index contributed by atoms with van der Waals surface area (Å²) >= 11 is 0. The van der Waals surface area contributed by atoms with E-state index in [0.717, 1.165) is 17.7 Å². The molecule has 1 aromatic carbocycles. The van der Waals surface area contributed by atoms with E-state index in [1.54, 1.807) is 0 Å². The van der Waals surface area contributed by atoms with Crippen LogP contribution in [0.1, 0.15) is 12.5 Å². The highest BCUT2D eigenvalue weighted by molar-refractivity contribution is 5.91. The predicted octanol–water partition coefficient (Wildman–Crippen LogP) is 1.25. The molecule has 0 aliphatic carbocycles. The number of esters is 2. The summed E-state index contributed by atoms with van der Waals surface area (Å²) in [6.45, 7) is 1.64. The first-order valence-corrected chi connectivity index (χ1v) is 6.31. The predicted molar refractivity (Wildman–Crippen MR) is 72.9 cm³/mol. The van der Waals surface area contributed by atoms with E-state index in [1.807, 2.05) is 30.3 Å². The average Bonchev–Trinajstić information content (AvgIpc) is 2.44. The monoisotopic (exact) mass is 278 g/mol. The van der Waals surface area contributed by atoms with E-state index < -0.39 is 18.0 Å². The van der Waals surface area contributed by atoms with Crippen LogP contribution in [-0.2, 0) is 25.5 Å². The summed E-state index contributed by atoms with van der Waals surface area (Å²) in [4.78, 5) is 22.4. The van der Waals surface area contributed by atoms with Gasteiger partial charge in [0.1, 0.15) is 6.61 Å². The molecule has 0 aliphatic heterocycles. The van der Waals surface area contributed by atoms with Gasteiger partial charge in [0.05, 0.1) is 12.7 Å². The molecule has 0 heterocycles. The van der Waals surface area contributed by atoms with Crippen LogP contribution in [0.3, 0.4) is 0 Å². The van der Waals surface area contributed by atoms with E-state index in [4.69, 9.17) is 9.84 Å². The van der Waals surface area contributed by atoms with Crippen LogP contribution in [0.15, 0.2) is 42.5 Å². The van der Waals surface area contributed by atoms with E-state index in [9.17, 15) is 9.59 Å². The van der Waals surface area contributed by atoms with Gasteiger partial charge in [0.25, 0.3) is 0 Å². The second kappa shape index (κ2) is 8.87. The molecular weight excluding hydrogens is 260 g/mol. The first kappa shape index (κ1) is 15.9. The maximum Gasteiger partial charge on any atom is 0.331 e. The van der Waals surface area contributed by atoms with Crippen molar-refractivity contribution in [2.24, 2.45) is 0 Å². The van der Waals surface area contributed by atoms with Gasteiger partial charge in [0.2, 0.25) is 0 Å². The number of benzene rings is 1. The zero-order valence-electron chi connectivity index (χ0n) is 11.3. The van der Waals surface area contributed by atoms with Gasteiger partial charge >= 0.3 is 11.9 Å². The standard InChI is InChI=1S/C15H18O5/c1-12(16)11-20-15(18)8-7-14(17)19-10-9-13-5-3-2-4-6-13/h2-8,12,16H,9-11H2,1H3. The van der Waals surface area contributed by atoms with Crippen molar-refractivity contribution >= 4 is 11.9 Å². The van der Waals surface area contributed by atoms with E-state index >= 15 is 0 Å². The Kier molecular flexibility index (Phi) is 7.06. The molecule has 0 aliphatic rings. The second-order valence-corrected chi connectivity index (χ2v) is 4.22. The third-order valence-electron chi connectivity index (χ3n) is 2.30. The molecule has 0 aromatic heterocycles. The molecule has 0 spiro atoms. The van der Waals surface area contributed by atoms with Crippen LogP contribution in [0.2, 0.25) is 0 Å². The first-order chi connectivity index (χ1) is 9.58. The fraction of sp³-hybridized carbons (Fsp3) is 0.333. The minimum absolute atomic E-state index is 0.105. The van der Waals surface area contributed by atoms with Crippen LogP contribution < -0.4 is 0 Å². The van der Waals surface area contributed by atoms with E-state index in [1.165, 1.54) is 6.92 Å². The SMILES string of the molecule is CC(O)COC(=O)C=CC(=O)OCCc1ccccc1. The largest absolute Gasteiger partial charge is 0.462 e. The summed E-state index contributed by atoms with van der Waals surface area (Å²) < 4.78 is 9.58. The molecule has 1 rings (SSSR count). The third-order valence-corrected chi connectivity index (χ3v) is 2.30. The third kappa shape index (κ3) is 7.33. The maximum atomic E-state index is 11.3. The Morgan fingerprint density at radius 1 is 1.15 bits per heavy atom. The molecule has 1 atom stereocenters. The molecule has 20 heavy (non-hydrogen) atoms. The van der Waals surface area contributed by atoms with Gasteiger partial charge in [-0.2, -0.15) is 0 Å². The maximum absolute atomic E-state index is 11.3. The molecule has 0 bridgehead atoms. The van der Waals surface area contributed by atoms with Crippen molar-refractivity contribution in [1.29, 1.82) is 0 Å². The fourth-order valence-electron chi connectivity index (χ4n) is 1.35. The lowest BCUT2D eigenvalue weighted by Crippen LogP contribution is -2.14. The Bertz CT molecular complexity index is 451. The smallest absolute Gasteiger partial charge is 0.331 e. The van der Waals surface area contributed by atoms with Crippen LogP contribution in [0.4, 0.5) is 0 Å². The van der Waals surface area contributed by atoms with Crippen LogP contribution >= 0.6 is 0 Å².